The molecule has 0 saturated carbocycles. The molecule has 0 N–H and O–H groups in total. The third-order valence-electron chi connectivity index (χ3n) is 1.63. The van der Waals surface area contributed by atoms with E-state index in [1.54, 1.807) is 6.92 Å². The van der Waals surface area contributed by atoms with Crippen LogP contribution in [0.1, 0.15) is 13.3 Å². The largest absolute Gasteiger partial charge is 0.469 e. The van der Waals surface area contributed by atoms with Crippen molar-refractivity contribution in [2.45, 2.75) is 13.3 Å². The maximum atomic E-state index is 10.9. The summed E-state index contributed by atoms with van der Waals surface area (Å²) in [7, 11) is 2.58. The first kappa shape index (κ1) is 11.7. The molecule has 0 saturated heterocycles. The van der Waals surface area contributed by atoms with Gasteiger partial charge >= 0.3 is 11.9 Å². The zero-order valence-corrected chi connectivity index (χ0v) is 8.12. The fraction of sp³-hybridized carbons (Fsp3) is 0.556. The van der Waals surface area contributed by atoms with E-state index < -0.39 is 5.97 Å². The van der Waals surface area contributed by atoms with Crippen molar-refractivity contribution in [1.29, 1.82) is 0 Å². The fourth-order valence-corrected chi connectivity index (χ4v) is 0.882. The van der Waals surface area contributed by atoms with Gasteiger partial charge in [-0.1, -0.05) is 13.5 Å². The average molecular weight is 186 g/mol. The van der Waals surface area contributed by atoms with Crippen LogP contribution in [0, 0.1) is 5.92 Å². The summed E-state index contributed by atoms with van der Waals surface area (Å²) in [5.74, 6) is -1.21. The van der Waals surface area contributed by atoms with Gasteiger partial charge in [0.1, 0.15) is 0 Å². The van der Waals surface area contributed by atoms with Crippen molar-refractivity contribution < 1.29 is 19.1 Å². The molecular weight excluding hydrogens is 172 g/mol. The molecule has 1 atom stereocenters. The Labute approximate surface area is 77.5 Å². The monoisotopic (exact) mass is 186 g/mol. The number of esters is 2. The van der Waals surface area contributed by atoms with Gasteiger partial charge in [0, 0.05) is 5.57 Å². The number of hydrogen-bond donors (Lipinski definition) is 0. The highest BCUT2D eigenvalue weighted by Gasteiger charge is 2.17. The lowest BCUT2D eigenvalue weighted by Crippen LogP contribution is -2.16. The topological polar surface area (TPSA) is 52.6 Å². The summed E-state index contributed by atoms with van der Waals surface area (Å²) in [5, 5.41) is 0. The summed E-state index contributed by atoms with van der Waals surface area (Å²) in [6.45, 7) is 5.17. The quantitative estimate of drug-likeness (QED) is 0.484. The molecule has 0 heterocycles. The zero-order valence-electron chi connectivity index (χ0n) is 8.12. The van der Waals surface area contributed by atoms with Crippen molar-refractivity contribution in [3.63, 3.8) is 0 Å². The van der Waals surface area contributed by atoms with E-state index in [0.29, 0.717) is 0 Å². The minimum Gasteiger partial charge on any atom is -0.469 e. The van der Waals surface area contributed by atoms with Gasteiger partial charge in [-0.2, -0.15) is 0 Å². The van der Waals surface area contributed by atoms with E-state index in [2.05, 4.69) is 16.1 Å². The Balaban J connectivity index is 4.06. The molecule has 0 unspecified atom stereocenters. The normalized spacial score (nSPS) is 11.6. The Kier molecular flexibility index (Phi) is 4.80. The van der Waals surface area contributed by atoms with Gasteiger partial charge in [-0.25, -0.2) is 4.79 Å². The summed E-state index contributed by atoms with van der Waals surface area (Å²) in [4.78, 5) is 21.8. The summed E-state index contributed by atoms with van der Waals surface area (Å²) in [6, 6.07) is 0. The number of methoxy groups -OCH3 is 2. The second kappa shape index (κ2) is 5.35. The minimum atomic E-state index is -0.490. The van der Waals surface area contributed by atoms with Crippen LogP contribution in [0.3, 0.4) is 0 Å². The Morgan fingerprint density at radius 3 is 2.23 bits per heavy atom. The lowest BCUT2D eigenvalue weighted by molar-refractivity contribution is -0.144. The highest BCUT2D eigenvalue weighted by atomic mass is 16.5. The molecule has 4 heteroatoms. The van der Waals surface area contributed by atoms with Crippen LogP contribution in [0.5, 0.6) is 0 Å². The van der Waals surface area contributed by atoms with E-state index in [1.807, 2.05) is 0 Å². The summed E-state index contributed by atoms with van der Waals surface area (Å²) < 4.78 is 8.93. The van der Waals surface area contributed by atoms with Crippen LogP contribution in [0.2, 0.25) is 0 Å². The lowest BCUT2D eigenvalue weighted by Gasteiger charge is -2.09. The number of carbonyl (C=O) groups excluding carboxylic acids is 2. The van der Waals surface area contributed by atoms with E-state index in [9.17, 15) is 9.59 Å². The van der Waals surface area contributed by atoms with Crippen molar-refractivity contribution in [2.75, 3.05) is 14.2 Å². The van der Waals surface area contributed by atoms with Crippen LogP contribution in [0.25, 0.3) is 0 Å². The predicted octanol–water partition coefficient (Wildman–Crippen LogP) is 0.915. The lowest BCUT2D eigenvalue weighted by atomic mass is 10.0. The molecule has 0 aliphatic rings. The van der Waals surface area contributed by atoms with Crippen LogP contribution in [-0.2, 0) is 19.1 Å². The number of hydrogen-bond acceptors (Lipinski definition) is 4. The Hall–Kier alpha value is -1.32. The number of ether oxygens (including phenoxy) is 2. The van der Waals surface area contributed by atoms with Crippen molar-refractivity contribution in [1.82, 2.24) is 0 Å². The van der Waals surface area contributed by atoms with Crippen LogP contribution in [0.4, 0.5) is 0 Å². The van der Waals surface area contributed by atoms with Crippen LogP contribution in [0.15, 0.2) is 12.2 Å². The smallest absolute Gasteiger partial charge is 0.333 e. The molecule has 4 nitrogen and oxygen atoms in total. The van der Waals surface area contributed by atoms with E-state index in [-0.39, 0.29) is 23.9 Å². The molecule has 0 spiro atoms. The third-order valence-corrected chi connectivity index (χ3v) is 1.63. The Morgan fingerprint density at radius 2 is 1.85 bits per heavy atom. The van der Waals surface area contributed by atoms with Gasteiger partial charge < -0.3 is 9.47 Å². The molecule has 0 rings (SSSR count). The Morgan fingerprint density at radius 1 is 1.31 bits per heavy atom. The fourth-order valence-electron chi connectivity index (χ4n) is 0.882. The van der Waals surface area contributed by atoms with E-state index >= 15 is 0 Å². The van der Waals surface area contributed by atoms with Gasteiger partial charge in [0.05, 0.1) is 20.1 Å². The van der Waals surface area contributed by atoms with E-state index in [1.165, 1.54) is 14.2 Å². The zero-order chi connectivity index (χ0) is 10.4. The molecule has 0 radical (unpaired) electrons. The standard InChI is InChI=1S/C9H14O4/c1-6(8(10)12-3)5-7(2)9(11)13-4/h7H,1,5H2,2-4H3/t7-/m0/s1. The van der Waals surface area contributed by atoms with E-state index in [4.69, 9.17) is 0 Å². The van der Waals surface area contributed by atoms with Crippen molar-refractivity contribution in [3.8, 4) is 0 Å². The predicted molar refractivity (Wildman–Crippen MR) is 47.0 cm³/mol. The SMILES string of the molecule is C=C(C[C@H](C)C(=O)OC)C(=O)OC. The molecular formula is C9H14O4. The number of carbonyl (C=O) groups is 2. The molecule has 13 heavy (non-hydrogen) atoms. The molecule has 0 aromatic heterocycles. The van der Waals surface area contributed by atoms with Crippen molar-refractivity contribution >= 4 is 11.9 Å². The van der Waals surface area contributed by atoms with Gasteiger partial charge in [-0.05, 0) is 6.42 Å². The second-order valence-corrected chi connectivity index (χ2v) is 2.72. The molecule has 0 fully saturated rings. The summed E-state index contributed by atoms with van der Waals surface area (Å²) >= 11 is 0. The first-order chi connectivity index (χ1) is 6.02. The van der Waals surface area contributed by atoms with Crippen LogP contribution in [-0.4, -0.2) is 26.2 Å². The maximum Gasteiger partial charge on any atom is 0.333 e. The molecule has 0 amide bonds. The van der Waals surface area contributed by atoms with Crippen LogP contribution >= 0.6 is 0 Å². The van der Waals surface area contributed by atoms with Gasteiger partial charge in [0.15, 0.2) is 0 Å². The van der Waals surface area contributed by atoms with Gasteiger partial charge in [-0.15, -0.1) is 0 Å². The summed E-state index contributed by atoms with van der Waals surface area (Å²) in [5.41, 5.74) is 0.278. The molecule has 0 aliphatic carbocycles. The van der Waals surface area contributed by atoms with Gasteiger partial charge in [-0.3, -0.25) is 4.79 Å². The second-order valence-electron chi connectivity index (χ2n) is 2.72. The Bertz CT molecular complexity index is 220. The average Bonchev–Trinajstić information content (AvgIpc) is 2.14. The van der Waals surface area contributed by atoms with Crippen LogP contribution < -0.4 is 0 Å². The van der Waals surface area contributed by atoms with Gasteiger partial charge in [0.2, 0.25) is 0 Å². The minimum absolute atomic E-state index is 0.263. The molecule has 0 aliphatic heterocycles. The molecule has 74 valence electrons. The van der Waals surface area contributed by atoms with Crippen molar-refractivity contribution in [3.05, 3.63) is 12.2 Å². The first-order valence-corrected chi connectivity index (χ1v) is 3.86. The molecule has 0 bridgehead atoms. The molecule has 0 aromatic carbocycles. The maximum absolute atomic E-state index is 10.9. The third kappa shape index (κ3) is 3.73. The summed E-state index contributed by atoms with van der Waals surface area (Å²) in [6.07, 6.45) is 0.263. The highest BCUT2D eigenvalue weighted by molar-refractivity contribution is 5.88. The first-order valence-electron chi connectivity index (χ1n) is 3.86. The number of rotatable bonds is 4. The van der Waals surface area contributed by atoms with E-state index in [0.717, 1.165) is 0 Å². The molecule has 0 aromatic rings. The highest BCUT2D eigenvalue weighted by Crippen LogP contribution is 2.11. The van der Waals surface area contributed by atoms with Crippen molar-refractivity contribution in [2.24, 2.45) is 5.92 Å². The van der Waals surface area contributed by atoms with Gasteiger partial charge in [0.25, 0.3) is 0 Å².